The van der Waals surface area contributed by atoms with Crippen LogP contribution in [-0.2, 0) is 0 Å². The topological polar surface area (TPSA) is 98.7 Å². The fraction of sp³-hybridized carbons (Fsp3) is 0.789. The molecule has 0 aliphatic rings. The molecule has 0 spiro atoms. The van der Waals surface area contributed by atoms with Gasteiger partial charge in [-0.2, -0.15) is 0 Å². The molecule has 1 rings (SSSR count). The monoisotopic (exact) mass is 617 g/mol. The number of benzene rings is 1. The van der Waals surface area contributed by atoms with E-state index < -0.39 is 11.8 Å². The van der Waals surface area contributed by atoms with Gasteiger partial charge in [-0.1, -0.05) is 168 Å². The van der Waals surface area contributed by atoms with Gasteiger partial charge in [-0.05, 0) is 25.0 Å². The Morgan fingerprint density at radius 1 is 0.432 bits per heavy atom. The molecule has 0 unspecified atom stereocenters. The van der Waals surface area contributed by atoms with Crippen LogP contribution in [0.15, 0.2) is 12.1 Å². The number of unbranched alkanes of at least 4 members (excludes halogenated alkanes) is 24. The highest BCUT2D eigenvalue weighted by molar-refractivity contribution is 6.02. The first-order chi connectivity index (χ1) is 21.5. The van der Waals surface area contributed by atoms with Gasteiger partial charge in [0, 0.05) is 13.1 Å². The van der Waals surface area contributed by atoms with Crippen molar-refractivity contribution in [3.63, 3.8) is 0 Å². The maximum atomic E-state index is 12.6. The van der Waals surface area contributed by atoms with E-state index in [0.29, 0.717) is 13.1 Å². The zero-order valence-corrected chi connectivity index (χ0v) is 28.7. The number of phenolic OH excluding ortho intramolecular Hbond substituents is 2. The molecular weight excluding hydrogens is 548 g/mol. The van der Waals surface area contributed by atoms with E-state index in [1.807, 2.05) is 0 Å². The van der Waals surface area contributed by atoms with Crippen molar-refractivity contribution in [1.29, 1.82) is 0 Å². The van der Waals surface area contributed by atoms with Gasteiger partial charge >= 0.3 is 0 Å². The summed E-state index contributed by atoms with van der Waals surface area (Å²) >= 11 is 0. The first-order valence-corrected chi connectivity index (χ1v) is 18.6. The molecule has 2 amide bonds. The summed E-state index contributed by atoms with van der Waals surface area (Å²) in [7, 11) is 0. The van der Waals surface area contributed by atoms with E-state index in [-0.39, 0.29) is 22.6 Å². The first-order valence-electron chi connectivity index (χ1n) is 18.6. The van der Waals surface area contributed by atoms with Gasteiger partial charge in [0.1, 0.15) is 11.5 Å². The van der Waals surface area contributed by atoms with Gasteiger partial charge in [-0.15, -0.1) is 0 Å². The molecule has 0 saturated carbocycles. The highest BCUT2D eigenvalue weighted by Crippen LogP contribution is 2.27. The SMILES string of the molecule is CCCCCCCCCCCCCCCNC(=O)c1cc(O)c(C(=O)NCCCCCCCCCCCCCCC)cc1O. The summed E-state index contributed by atoms with van der Waals surface area (Å²) in [6, 6.07) is 2.38. The molecule has 0 aliphatic heterocycles. The largest absolute Gasteiger partial charge is 0.507 e. The Morgan fingerprint density at radius 2 is 0.659 bits per heavy atom. The lowest BCUT2D eigenvalue weighted by Crippen LogP contribution is -2.26. The van der Waals surface area contributed by atoms with Gasteiger partial charge < -0.3 is 20.8 Å². The highest BCUT2D eigenvalue weighted by Gasteiger charge is 2.18. The number of hydrogen-bond donors (Lipinski definition) is 4. The van der Waals surface area contributed by atoms with Crippen LogP contribution in [0.3, 0.4) is 0 Å². The van der Waals surface area contributed by atoms with Crippen LogP contribution in [0.25, 0.3) is 0 Å². The fourth-order valence-electron chi connectivity index (χ4n) is 5.82. The quantitative estimate of drug-likeness (QED) is 0.0510. The number of carbonyl (C=O) groups excluding carboxylic acids is 2. The molecule has 0 heterocycles. The predicted molar refractivity (Wildman–Crippen MR) is 186 cm³/mol. The van der Waals surface area contributed by atoms with Crippen LogP contribution in [0.5, 0.6) is 11.5 Å². The van der Waals surface area contributed by atoms with E-state index in [9.17, 15) is 19.8 Å². The zero-order chi connectivity index (χ0) is 32.1. The lowest BCUT2D eigenvalue weighted by atomic mass is 10.0. The van der Waals surface area contributed by atoms with E-state index in [1.165, 1.54) is 153 Å². The van der Waals surface area contributed by atoms with Gasteiger partial charge in [0.2, 0.25) is 0 Å². The van der Waals surface area contributed by atoms with Crippen LogP contribution in [0.4, 0.5) is 0 Å². The summed E-state index contributed by atoms with van der Waals surface area (Å²) in [4.78, 5) is 25.1. The molecule has 4 N–H and O–H groups in total. The summed E-state index contributed by atoms with van der Waals surface area (Å²) < 4.78 is 0. The average Bonchev–Trinajstić information content (AvgIpc) is 3.02. The molecule has 0 saturated heterocycles. The molecule has 254 valence electrons. The molecule has 0 aromatic heterocycles. The summed E-state index contributed by atoms with van der Waals surface area (Å²) in [6.45, 7) is 5.57. The summed E-state index contributed by atoms with van der Waals surface area (Å²) in [5.74, 6) is -1.46. The number of carbonyl (C=O) groups is 2. The van der Waals surface area contributed by atoms with Gasteiger partial charge in [0.25, 0.3) is 11.8 Å². The van der Waals surface area contributed by atoms with E-state index in [2.05, 4.69) is 24.5 Å². The Labute approximate surface area is 270 Å². The van der Waals surface area contributed by atoms with Crippen molar-refractivity contribution < 1.29 is 19.8 Å². The van der Waals surface area contributed by atoms with Crippen LogP contribution in [0.1, 0.15) is 202 Å². The van der Waals surface area contributed by atoms with Crippen molar-refractivity contribution in [2.24, 2.45) is 0 Å². The van der Waals surface area contributed by atoms with Crippen molar-refractivity contribution in [2.75, 3.05) is 13.1 Å². The van der Waals surface area contributed by atoms with Crippen LogP contribution >= 0.6 is 0 Å². The molecule has 0 aliphatic carbocycles. The molecule has 44 heavy (non-hydrogen) atoms. The summed E-state index contributed by atoms with van der Waals surface area (Å²) in [6.07, 6.45) is 33.0. The molecule has 6 heteroatoms. The minimum absolute atomic E-state index is 0.00904. The van der Waals surface area contributed by atoms with Crippen molar-refractivity contribution in [3.8, 4) is 11.5 Å². The molecule has 0 fully saturated rings. The van der Waals surface area contributed by atoms with E-state index in [1.54, 1.807) is 0 Å². The molecule has 1 aromatic rings. The Bertz CT molecular complexity index is 788. The standard InChI is InChI=1S/C38H68N2O4/c1-3-5-7-9-11-13-15-17-19-21-23-25-27-29-39-37(43)33-31-36(42)34(32-35(33)41)38(44)40-30-28-26-24-22-20-18-16-14-12-10-8-6-4-2/h31-32,41-42H,3-30H2,1-2H3,(H,39,43)(H,40,44). The Kier molecular flexibility index (Phi) is 25.5. The number of aromatic hydroxyl groups is 2. The van der Waals surface area contributed by atoms with Crippen LogP contribution in [-0.4, -0.2) is 35.1 Å². The minimum Gasteiger partial charge on any atom is -0.507 e. The van der Waals surface area contributed by atoms with Gasteiger partial charge in [-0.3, -0.25) is 9.59 Å². The third-order valence-electron chi connectivity index (χ3n) is 8.74. The number of hydrogen-bond acceptors (Lipinski definition) is 4. The average molecular weight is 617 g/mol. The van der Waals surface area contributed by atoms with Crippen molar-refractivity contribution in [3.05, 3.63) is 23.3 Å². The Balaban J connectivity index is 2.11. The van der Waals surface area contributed by atoms with Crippen LogP contribution in [0.2, 0.25) is 0 Å². The third kappa shape index (κ3) is 20.7. The minimum atomic E-state index is -0.435. The zero-order valence-electron chi connectivity index (χ0n) is 28.7. The van der Waals surface area contributed by atoms with Crippen molar-refractivity contribution >= 4 is 11.8 Å². The predicted octanol–water partition coefficient (Wildman–Crippen LogP) is 10.7. The number of phenols is 2. The molecular formula is C38H68N2O4. The first kappa shape index (κ1) is 39.8. The van der Waals surface area contributed by atoms with E-state index >= 15 is 0 Å². The number of rotatable bonds is 30. The maximum absolute atomic E-state index is 12.6. The highest BCUT2D eigenvalue weighted by atomic mass is 16.3. The number of nitrogens with one attached hydrogen (secondary N) is 2. The van der Waals surface area contributed by atoms with Crippen LogP contribution < -0.4 is 10.6 Å². The van der Waals surface area contributed by atoms with Crippen LogP contribution in [0, 0.1) is 0 Å². The lowest BCUT2D eigenvalue weighted by Gasteiger charge is -2.11. The second-order valence-corrected chi connectivity index (χ2v) is 12.9. The number of amides is 2. The summed E-state index contributed by atoms with van der Waals surface area (Å²) in [5, 5.41) is 26.4. The van der Waals surface area contributed by atoms with Crippen molar-refractivity contribution in [2.45, 2.75) is 181 Å². The Hall–Kier alpha value is -2.24. The van der Waals surface area contributed by atoms with E-state index in [4.69, 9.17) is 0 Å². The normalized spacial score (nSPS) is 11.1. The second-order valence-electron chi connectivity index (χ2n) is 12.9. The maximum Gasteiger partial charge on any atom is 0.255 e. The molecule has 1 aromatic carbocycles. The molecule has 0 atom stereocenters. The van der Waals surface area contributed by atoms with Crippen molar-refractivity contribution in [1.82, 2.24) is 10.6 Å². The molecule has 0 bridgehead atoms. The third-order valence-corrected chi connectivity index (χ3v) is 8.74. The summed E-state index contributed by atoms with van der Waals surface area (Å²) in [5.41, 5.74) is -0.0181. The second kappa shape index (κ2) is 28.2. The lowest BCUT2D eigenvalue weighted by molar-refractivity contribution is 0.0935. The van der Waals surface area contributed by atoms with E-state index in [0.717, 1.165) is 25.7 Å². The van der Waals surface area contributed by atoms with Gasteiger partial charge in [-0.25, -0.2) is 0 Å². The van der Waals surface area contributed by atoms with Gasteiger partial charge in [0.15, 0.2) is 0 Å². The molecule has 0 radical (unpaired) electrons. The molecule has 6 nitrogen and oxygen atoms in total. The van der Waals surface area contributed by atoms with Gasteiger partial charge in [0.05, 0.1) is 11.1 Å². The smallest absolute Gasteiger partial charge is 0.255 e. The Morgan fingerprint density at radius 3 is 0.909 bits per heavy atom. The fourth-order valence-corrected chi connectivity index (χ4v) is 5.82.